The molecule has 3 nitrogen and oxygen atoms in total. The minimum absolute atomic E-state index is 0.0633. The van der Waals surface area contributed by atoms with Crippen LogP contribution in [0.25, 0.3) is 0 Å². The molecule has 1 aromatic carbocycles. The first-order valence-electron chi connectivity index (χ1n) is 3.66. The summed E-state index contributed by atoms with van der Waals surface area (Å²) in [7, 11) is 1.31. The molecular weight excluding hydrogens is 277 g/mol. The van der Waals surface area contributed by atoms with E-state index < -0.39 is 9.05 Å². The number of nitrogens with zero attached hydrogens (tertiary/aromatic N) is 1. The van der Waals surface area contributed by atoms with Gasteiger partial charge in [0.05, 0.1) is 10.5 Å². The van der Waals surface area contributed by atoms with Gasteiger partial charge in [0.2, 0.25) is 0 Å². The number of thiol groups is 1. The average molecular weight is 282 g/mol. The minimum Gasteiger partial charge on any atom is -0.207 e. The summed E-state index contributed by atoms with van der Waals surface area (Å²) in [6.45, 7) is 0. The lowest BCUT2D eigenvalue weighted by molar-refractivity contribution is 0.609. The molecule has 0 N–H and O–H groups in total. The van der Waals surface area contributed by atoms with Gasteiger partial charge in [-0.2, -0.15) is 5.26 Å². The van der Waals surface area contributed by atoms with Crippen LogP contribution in [0.1, 0.15) is 11.1 Å². The van der Waals surface area contributed by atoms with Gasteiger partial charge in [-0.05, 0) is 17.7 Å². The number of halogens is 2. The van der Waals surface area contributed by atoms with Crippen molar-refractivity contribution in [2.24, 2.45) is 0 Å². The molecule has 1 aromatic rings. The van der Waals surface area contributed by atoms with Crippen LogP contribution in [0.2, 0.25) is 0 Å². The smallest absolute Gasteiger partial charge is 0.207 e. The second-order valence-electron chi connectivity index (χ2n) is 2.66. The van der Waals surface area contributed by atoms with Gasteiger partial charge in [0, 0.05) is 21.5 Å². The van der Waals surface area contributed by atoms with Crippen LogP contribution in [0.3, 0.4) is 0 Å². The van der Waals surface area contributed by atoms with Gasteiger partial charge in [0.25, 0.3) is 9.05 Å². The molecule has 1 rings (SSSR count). The lowest BCUT2D eigenvalue weighted by atomic mass is 10.1. The van der Waals surface area contributed by atoms with Crippen molar-refractivity contribution >= 4 is 44.0 Å². The molecule has 0 aliphatic carbocycles. The van der Waals surface area contributed by atoms with E-state index in [1.165, 1.54) is 12.1 Å². The fraction of sp³-hybridized carbons (Fsp3) is 0.125. The van der Waals surface area contributed by atoms with Crippen LogP contribution in [0.15, 0.2) is 21.9 Å². The number of hydrogen-bond donors (Lipinski definition) is 1. The SMILES string of the molecule is N#Cc1cc(S(=O)(=O)Cl)cc(CCl)c1S. The Bertz CT molecular complexity index is 534. The number of rotatable bonds is 2. The Morgan fingerprint density at radius 3 is 2.47 bits per heavy atom. The Morgan fingerprint density at radius 1 is 1.47 bits per heavy atom. The van der Waals surface area contributed by atoms with E-state index in [1.54, 1.807) is 0 Å². The van der Waals surface area contributed by atoms with E-state index in [-0.39, 0.29) is 16.3 Å². The van der Waals surface area contributed by atoms with E-state index in [9.17, 15) is 8.42 Å². The molecule has 0 aromatic heterocycles. The molecule has 0 amide bonds. The normalized spacial score (nSPS) is 11.1. The van der Waals surface area contributed by atoms with Crippen molar-refractivity contribution in [2.45, 2.75) is 15.7 Å². The number of nitriles is 1. The topological polar surface area (TPSA) is 57.9 Å². The van der Waals surface area contributed by atoms with Crippen molar-refractivity contribution < 1.29 is 8.42 Å². The van der Waals surface area contributed by atoms with Crippen LogP contribution in [0, 0.1) is 11.3 Å². The largest absolute Gasteiger partial charge is 0.261 e. The lowest BCUT2D eigenvalue weighted by Gasteiger charge is -2.05. The van der Waals surface area contributed by atoms with E-state index >= 15 is 0 Å². The van der Waals surface area contributed by atoms with Gasteiger partial charge in [-0.1, -0.05) is 0 Å². The Labute approximate surface area is 102 Å². The molecule has 15 heavy (non-hydrogen) atoms. The van der Waals surface area contributed by atoms with Crippen molar-refractivity contribution in [1.29, 1.82) is 5.26 Å². The molecule has 0 unspecified atom stereocenters. The van der Waals surface area contributed by atoms with Crippen LogP contribution in [-0.2, 0) is 14.9 Å². The summed E-state index contributed by atoms with van der Waals surface area (Å²) in [5.74, 6) is 0.0633. The summed E-state index contributed by atoms with van der Waals surface area (Å²) in [5.41, 5.74) is 0.592. The standard InChI is InChI=1S/C8H5Cl2NO2S2/c9-3-5-1-7(15(10,12)13)2-6(4-11)8(5)14/h1-2,14H,3H2. The van der Waals surface area contributed by atoms with Gasteiger partial charge in [0.15, 0.2) is 0 Å². The fourth-order valence-corrected chi connectivity index (χ4v) is 2.36. The molecular formula is C8H5Cl2NO2S2. The highest BCUT2D eigenvalue weighted by molar-refractivity contribution is 8.13. The van der Waals surface area contributed by atoms with Crippen molar-refractivity contribution in [2.75, 3.05) is 0 Å². The summed E-state index contributed by atoms with van der Waals surface area (Å²) in [6.07, 6.45) is 0. The summed E-state index contributed by atoms with van der Waals surface area (Å²) in [6, 6.07) is 4.30. The predicted octanol–water partition coefficient (Wildman–Crippen LogP) is 2.51. The third-order valence-corrected chi connectivity index (χ3v) is 3.86. The molecule has 0 bridgehead atoms. The zero-order valence-electron chi connectivity index (χ0n) is 7.24. The average Bonchev–Trinajstić information content (AvgIpc) is 2.16. The molecule has 0 aliphatic heterocycles. The molecule has 0 saturated carbocycles. The first-order chi connectivity index (χ1) is 6.90. The van der Waals surface area contributed by atoms with Gasteiger partial charge >= 0.3 is 0 Å². The minimum atomic E-state index is -3.86. The predicted molar refractivity (Wildman–Crippen MR) is 61.0 cm³/mol. The van der Waals surface area contributed by atoms with Crippen molar-refractivity contribution in [3.8, 4) is 6.07 Å². The summed E-state index contributed by atoms with van der Waals surface area (Å²) < 4.78 is 22.1. The first kappa shape index (κ1) is 12.7. The van der Waals surface area contributed by atoms with Crippen LogP contribution in [0.5, 0.6) is 0 Å². The number of benzene rings is 1. The second-order valence-corrected chi connectivity index (χ2v) is 5.94. The van der Waals surface area contributed by atoms with Gasteiger partial charge in [0.1, 0.15) is 6.07 Å². The maximum atomic E-state index is 11.1. The van der Waals surface area contributed by atoms with Gasteiger partial charge in [-0.3, -0.25) is 0 Å². The number of hydrogen-bond acceptors (Lipinski definition) is 4. The van der Waals surface area contributed by atoms with Gasteiger partial charge in [-0.15, -0.1) is 24.2 Å². The van der Waals surface area contributed by atoms with Crippen LogP contribution in [0.4, 0.5) is 0 Å². The molecule has 0 spiro atoms. The second kappa shape index (κ2) is 4.62. The van der Waals surface area contributed by atoms with Crippen molar-refractivity contribution in [3.05, 3.63) is 23.3 Å². The number of alkyl halides is 1. The maximum Gasteiger partial charge on any atom is 0.261 e. The van der Waals surface area contributed by atoms with Crippen LogP contribution in [-0.4, -0.2) is 8.42 Å². The van der Waals surface area contributed by atoms with Crippen LogP contribution < -0.4 is 0 Å². The van der Waals surface area contributed by atoms with Crippen LogP contribution >= 0.6 is 34.9 Å². The summed E-state index contributed by atoms with van der Waals surface area (Å²) in [5, 5.41) is 8.75. The van der Waals surface area contributed by atoms with Gasteiger partial charge in [-0.25, -0.2) is 8.42 Å². The van der Waals surface area contributed by atoms with Crippen molar-refractivity contribution in [1.82, 2.24) is 0 Å². The molecule has 0 atom stereocenters. The summed E-state index contributed by atoms with van der Waals surface area (Å²) >= 11 is 9.66. The quantitative estimate of drug-likeness (QED) is 0.515. The highest BCUT2D eigenvalue weighted by Gasteiger charge is 2.15. The maximum absolute atomic E-state index is 11.1. The fourth-order valence-electron chi connectivity index (χ4n) is 0.993. The van der Waals surface area contributed by atoms with Gasteiger partial charge < -0.3 is 0 Å². The molecule has 0 fully saturated rings. The molecule has 0 heterocycles. The van der Waals surface area contributed by atoms with E-state index in [4.69, 9.17) is 27.5 Å². The van der Waals surface area contributed by atoms with E-state index in [2.05, 4.69) is 12.6 Å². The Morgan fingerprint density at radius 2 is 2.07 bits per heavy atom. The van der Waals surface area contributed by atoms with E-state index in [0.29, 0.717) is 10.5 Å². The molecule has 0 aliphatic rings. The van der Waals surface area contributed by atoms with E-state index in [1.807, 2.05) is 6.07 Å². The third kappa shape index (κ3) is 2.79. The zero-order valence-corrected chi connectivity index (χ0v) is 10.5. The Balaban J connectivity index is 3.56. The van der Waals surface area contributed by atoms with E-state index in [0.717, 1.165) is 0 Å². The highest BCUT2D eigenvalue weighted by Crippen LogP contribution is 2.26. The molecule has 0 saturated heterocycles. The monoisotopic (exact) mass is 281 g/mol. The molecule has 0 radical (unpaired) electrons. The molecule has 7 heteroatoms. The van der Waals surface area contributed by atoms with Crippen molar-refractivity contribution in [3.63, 3.8) is 0 Å². The third-order valence-electron chi connectivity index (χ3n) is 1.71. The molecule has 80 valence electrons. The lowest BCUT2D eigenvalue weighted by Crippen LogP contribution is -1.96. The Hall–Kier alpha value is -0.410. The highest BCUT2D eigenvalue weighted by atomic mass is 35.7. The first-order valence-corrected chi connectivity index (χ1v) is 6.96. The Kier molecular flexibility index (Phi) is 3.90. The zero-order chi connectivity index (χ0) is 11.6. The summed E-state index contributed by atoms with van der Waals surface area (Å²) in [4.78, 5) is 0.228.